The fourth-order valence-electron chi connectivity index (χ4n) is 4.34. The van der Waals surface area contributed by atoms with Crippen LogP contribution < -0.4 is 10.1 Å². The molecule has 42 heavy (non-hydrogen) atoms. The van der Waals surface area contributed by atoms with Gasteiger partial charge in [0.2, 0.25) is 0 Å². The number of carbonyl (C=O) groups is 2. The van der Waals surface area contributed by atoms with E-state index in [0.29, 0.717) is 30.3 Å². The number of hydrogen-bond acceptors (Lipinski definition) is 5. The number of ether oxygens (including phenoxy) is 1. The summed E-state index contributed by atoms with van der Waals surface area (Å²) < 4.78 is 45.2. The van der Waals surface area contributed by atoms with Crippen LogP contribution in [0.2, 0.25) is 0 Å². The molecule has 220 valence electrons. The number of carboxylic acids is 1. The van der Waals surface area contributed by atoms with E-state index in [1.807, 2.05) is 18.2 Å². The van der Waals surface area contributed by atoms with Gasteiger partial charge in [0.25, 0.3) is 5.91 Å². The Hall–Kier alpha value is -4.15. The van der Waals surface area contributed by atoms with Gasteiger partial charge in [0.1, 0.15) is 11.5 Å². The average Bonchev–Trinajstić information content (AvgIpc) is 3.39. The molecule has 2 N–H and O–H groups in total. The quantitative estimate of drug-likeness (QED) is 0.176. The number of aryl methyl sites for hydroxylation is 2. The molecule has 0 aliphatic carbocycles. The van der Waals surface area contributed by atoms with E-state index in [1.54, 1.807) is 18.2 Å². The van der Waals surface area contributed by atoms with Crippen molar-refractivity contribution in [1.29, 1.82) is 0 Å². The van der Waals surface area contributed by atoms with Gasteiger partial charge in [-0.1, -0.05) is 36.4 Å². The molecule has 1 heterocycles. The van der Waals surface area contributed by atoms with Crippen LogP contribution in [0.15, 0.2) is 78.9 Å². The molecule has 0 aliphatic rings. The average molecular weight is 597 g/mol. The van der Waals surface area contributed by atoms with Crippen molar-refractivity contribution in [1.82, 2.24) is 10.2 Å². The highest BCUT2D eigenvalue weighted by molar-refractivity contribution is 7.14. The van der Waals surface area contributed by atoms with Crippen molar-refractivity contribution in [2.45, 2.75) is 46.1 Å². The third-order valence-electron chi connectivity index (χ3n) is 6.57. The first-order chi connectivity index (χ1) is 20.0. The molecule has 0 atom stereocenters. The first-order valence-corrected chi connectivity index (χ1v) is 14.1. The summed E-state index contributed by atoms with van der Waals surface area (Å²) in [6, 6.07) is 21.9. The van der Waals surface area contributed by atoms with Crippen molar-refractivity contribution in [2.75, 3.05) is 6.54 Å². The molecule has 0 aliphatic heterocycles. The van der Waals surface area contributed by atoms with E-state index in [2.05, 4.69) is 42.3 Å². The fourth-order valence-corrected chi connectivity index (χ4v) is 5.31. The van der Waals surface area contributed by atoms with Gasteiger partial charge in [-0.15, -0.1) is 11.3 Å². The third-order valence-corrected chi connectivity index (χ3v) is 7.64. The molecule has 0 bridgehead atoms. The number of halogens is 3. The van der Waals surface area contributed by atoms with Crippen molar-refractivity contribution < 1.29 is 32.6 Å². The summed E-state index contributed by atoms with van der Waals surface area (Å²) >= 11 is 1.35. The van der Waals surface area contributed by atoms with E-state index in [-0.39, 0.29) is 24.6 Å². The predicted molar refractivity (Wildman–Crippen MR) is 156 cm³/mol. The number of thiophene rings is 1. The van der Waals surface area contributed by atoms with E-state index in [1.165, 1.54) is 34.6 Å². The number of carbonyl (C=O) groups excluding carboxylic acids is 1. The maximum Gasteiger partial charge on any atom is 0.416 e. The van der Waals surface area contributed by atoms with Crippen LogP contribution in [0, 0.1) is 13.8 Å². The molecule has 6 nitrogen and oxygen atoms in total. The number of amides is 1. The Bertz CT molecular complexity index is 1550. The second-order valence-corrected chi connectivity index (χ2v) is 11.2. The normalized spacial score (nSPS) is 11.5. The molecular formula is C32H31F3N2O4S. The zero-order valence-corrected chi connectivity index (χ0v) is 24.0. The lowest BCUT2D eigenvalue weighted by Gasteiger charge is -2.23. The van der Waals surface area contributed by atoms with Crippen LogP contribution in [0.5, 0.6) is 11.5 Å². The molecule has 0 saturated heterocycles. The minimum Gasteiger partial charge on any atom is -0.481 e. The van der Waals surface area contributed by atoms with Gasteiger partial charge in [-0.05, 0) is 78.6 Å². The second kappa shape index (κ2) is 13.7. The number of nitrogens with one attached hydrogen (secondary N) is 1. The summed E-state index contributed by atoms with van der Waals surface area (Å²) in [7, 11) is 0. The number of alkyl halides is 3. The lowest BCUT2D eigenvalue weighted by Crippen LogP contribution is -2.25. The standard InChI is InChI=1S/C32H31F3N2O4S/c1-21-9-10-24(15-22(21)2)19-37(20-28-11-12-29(42-28)31(40)36-14-13-30(38)39)18-23-5-3-7-26(16-23)41-27-8-4-6-25(17-27)32(33,34)35/h3-12,15-17H,13-14,18-20H2,1-2H3,(H,36,40)(H,38,39). The predicted octanol–water partition coefficient (Wildman–Crippen LogP) is 7.58. The summed E-state index contributed by atoms with van der Waals surface area (Å²) in [5.41, 5.74) is 3.63. The molecule has 1 amide bonds. The Morgan fingerprint density at radius 2 is 1.55 bits per heavy atom. The second-order valence-electron chi connectivity index (χ2n) is 10.0. The van der Waals surface area contributed by atoms with Gasteiger partial charge in [0, 0.05) is 31.1 Å². The minimum atomic E-state index is -4.46. The highest BCUT2D eigenvalue weighted by Crippen LogP contribution is 2.33. The Labute approximate surface area is 246 Å². The van der Waals surface area contributed by atoms with Crippen molar-refractivity contribution in [3.05, 3.63) is 116 Å². The summed E-state index contributed by atoms with van der Waals surface area (Å²) in [4.78, 5) is 26.9. The van der Waals surface area contributed by atoms with Gasteiger partial charge >= 0.3 is 12.1 Å². The minimum absolute atomic E-state index is 0.0548. The molecule has 0 unspecified atom stereocenters. The van der Waals surface area contributed by atoms with E-state index in [9.17, 15) is 22.8 Å². The van der Waals surface area contributed by atoms with Gasteiger partial charge in [-0.25, -0.2) is 0 Å². The third kappa shape index (κ3) is 8.92. The van der Waals surface area contributed by atoms with Gasteiger partial charge in [-0.3, -0.25) is 14.5 Å². The van der Waals surface area contributed by atoms with Crippen LogP contribution in [0.25, 0.3) is 0 Å². The molecule has 0 spiro atoms. The number of nitrogens with zero attached hydrogens (tertiary/aromatic N) is 1. The monoisotopic (exact) mass is 596 g/mol. The van der Waals surface area contributed by atoms with E-state index in [0.717, 1.165) is 28.1 Å². The van der Waals surface area contributed by atoms with E-state index < -0.39 is 17.7 Å². The summed E-state index contributed by atoms with van der Waals surface area (Å²) in [6.07, 6.45) is -4.61. The Balaban J connectivity index is 1.51. The number of carboxylic acid groups (broad SMARTS) is 1. The van der Waals surface area contributed by atoms with Crippen LogP contribution in [-0.2, 0) is 30.6 Å². The molecule has 1 aromatic heterocycles. The molecule has 10 heteroatoms. The highest BCUT2D eigenvalue weighted by Gasteiger charge is 2.30. The van der Waals surface area contributed by atoms with E-state index >= 15 is 0 Å². The zero-order chi connectivity index (χ0) is 30.3. The molecule has 3 aromatic carbocycles. The Kier molecular flexibility index (Phi) is 10.0. The van der Waals surface area contributed by atoms with Gasteiger partial charge in [0.05, 0.1) is 16.9 Å². The van der Waals surface area contributed by atoms with Crippen molar-refractivity contribution in [3.8, 4) is 11.5 Å². The molecule has 0 fully saturated rings. The Morgan fingerprint density at radius 1 is 0.857 bits per heavy atom. The number of benzene rings is 3. The molecule has 4 rings (SSSR count). The van der Waals surface area contributed by atoms with E-state index in [4.69, 9.17) is 9.84 Å². The highest BCUT2D eigenvalue weighted by atomic mass is 32.1. The van der Waals surface area contributed by atoms with Crippen molar-refractivity contribution in [3.63, 3.8) is 0 Å². The smallest absolute Gasteiger partial charge is 0.416 e. The Morgan fingerprint density at radius 3 is 2.24 bits per heavy atom. The van der Waals surface area contributed by atoms with Crippen LogP contribution in [0.4, 0.5) is 13.2 Å². The van der Waals surface area contributed by atoms with Gasteiger partial charge < -0.3 is 15.2 Å². The molecular weight excluding hydrogens is 565 g/mol. The molecule has 0 radical (unpaired) electrons. The number of hydrogen-bond donors (Lipinski definition) is 2. The van der Waals surface area contributed by atoms with Crippen LogP contribution in [-0.4, -0.2) is 28.4 Å². The molecule has 0 saturated carbocycles. The lowest BCUT2D eigenvalue weighted by atomic mass is 10.1. The van der Waals surface area contributed by atoms with Crippen LogP contribution >= 0.6 is 11.3 Å². The summed E-state index contributed by atoms with van der Waals surface area (Å²) in [5, 5.41) is 11.4. The summed E-state index contributed by atoms with van der Waals surface area (Å²) in [6.45, 7) is 5.86. The zero-order valence-electron chi connectivity index (χ0n) is 23.2. The topological polar surface area (TPSA) is 78.9 Å². The SMILES string of the molecule is Cc1ccc(CN(Cc2cccc(Oc3cccc(C(F)(F)F)c3)c2)Cc2ccc(C(=O)NCCC(=O)O)s2)cc1C. The number of aliphatic carboxylic acids is 1. The van der Waals surface area contributed by atoms with Gasteiger partial charge in [0.15, 0.2) is 0 Å². The maximum absolute atomic E-state index is 13.1. The lowest BCUT2D eigenvalue weighted by molar-refractivity contribution is -0.138. The van der Waals surface area contributed by atoms with Crippen LogP contribution in [0.3, 0.4) is 0 Å². The first-order valence-electron chi connectivity index (χ1n) is 13.3. The van der Waals surface area contributed by atoms with Gasteiger partial charge in [-0.2, -0.15) is 13.2 Å². The fraction of sp³-hybridized carbons (Fsp3) is 0.250. The van der Waals surface area contributed by atoms with Crippen molar-refractivity contribution >= 4 is 23.2 Å². The number of rotatable bonds is 12. The largest absolute Gasteiger partial charge is 0.481 e. The first kappa shape index (κ1) is 30.8. The van der Waals surface area contributed by atoms with Crippen molar-refractivity contribution in [2.24, 2.45) is 0 Å². The summed E-state index contributed by atoms with van der Waals surface area (Å²) in [5.74, 6) is -0.766. The molecule has 4 aromatic rings. The maximum atomic E-state index is 13.1. The van der Waals surface area contributed by atoms with Crippen LogP contribution in [0.1, 0.15) is 48.8 Å².